The third-order valence-corrected chi connectivity index (χ3v) is 3.64. The Morgan fingerprint density at radius 1 is 1.50 bits per heavy atom. The van der Waals surface area contributed by atoms with E-state index in [4.69, 9.17) is 9.47 Å². The van der Waals surface area contributed by atoms with Crippen molar-refractivity contribution in [3.8, 4) is 0 Å². The van der Waals surface area contributed by atoms with Crippen LogP contribution in [-0.2, 0) is 16.0 Å². The van der Waals surface area contributed by atoms with Gasteiger partial charge in [0.15, 0.2) is 0 Å². The number of amides is 2. The third-order valence-electron chi connectivity index (χ3n) is 3.64. The Bertz CT molecular complexity index is 459. The van der Waals surface area contributed by atoms with Gasteiger partial charge in [-0.1, -0.05) is 0 Å². The molecule has 1 aromatic rings. The number of carbonyl (C=O) groups is 1. The number of anilines is 1. The van der Waals surface area contributed by atoms with Crippen molar-refractivity contribution in [1.29, 1.82) is 0 Å². The Balaban J connectivity index is 1.69. The van der Waals surface area contributed by atoms with Gasteiger partial charge in [0.1, 0.15) is 0 Å². The SMILES string of the molecule is COCCn1cc(NC(=O)NCC(C)N2CCOCC2)cn1. The fourth-order valence-electron chi connectivity index (χ4n) is 2.30. The van der Waals surface area contributed by atoms with Crippen LogP contribution >= 0.6 is 0 Å². The Hall–Kier alpha value is -1.64. The van der Waals surface area contributed by atoms with Crippen molar-refractivity contribution in [1.82, 2.24) is 20.0 Å². The molecule has 2 heterocycles. The number of aromatic nitrogens is 2. The summed E-state index contributed by atoms with van der Waals surface area (Å²) in [6, 6.07) is 0.0745. The van der Waals surface area contributed by atoms with Gasteiger partial charge in [-0.05, 0) is 6.92 Å². The lowest BCUT2D eigenvalue weighted by Gasteiger charge is -2.32. The van der Waals surface area contributed by atoms with E-state index in [0.29, 0.717) is 31.4 Å². The summed E-state index contributed by atoms with van der Waals surface area (Å²) in [5.74, 6) is 0. The molecule has 0 bridgehead atoms. The molecule has 0 spiro atoms. The van der Waals surface area contributed by atoms with Crippen LogP contribution in [0.3, 0.4) is 0 Å². The average molecular weight is 311 g/mol. The standard InChI is InChI=1S/C14H25N5O3/c1-12(18-3-7-22-8-4-18)9-15-14(20)17-13-10-16-19(11-13)5-6-21-2/h10-12H,3-9H2,1-2H3,(H2,15,17,20). The molecule has 0 aliphatic carbocycles. The summed E-state index contributed by atoms with van der Waals surface area (Å²) in [6.07, 6.45) is 3.41. The molecule has 1 aromatic heterocycles. The van der Waals surface area contributed by atoms with Crippen LogP contribution < -0.4 is 10.6 Å². The molecule has 0 aromatic carbocycles. The maximum Gasteiger partial charge on any atom is 0.319 e. The Morgan fingerprint density at radius 2 is 2.27 bits per heavy atom. The zero-order chi connectivity index (χ0) is 15.8. The van der Waals surface area contributed by atoms with Crippen molar-refractivity contribution >= 4 is 11.7 Å². The first-order valence-corrected chi connectivity index (χ1v) is 7.57. The Morgan fingerprint density at radius 3 is 3.00 bits per heavy atom. The lowest BCUT2D eigenvalue weighted by molar-refractivity contribution is 0.0209. The van der Waals surface area contributed by atoms with Crippen LogP contribution in [0, 0.1) is 0 Å². The van der Waals surface area contributed by atoms with Crippen LogP contribution in [-0.4, -0.2) is 73.3 Å². The molecule has 2 N–H and O–H groups in total. The summed E-state index contributed by atoms with van der Waals surface area (Å²) in [4.78, 5) is 14.2. The topological polar surface area (TPSA) is 80.7 Å². The second-order valence-corrected chi connectivity index (χ2v) is 5.32. The number of carbonyl (C=O) groups excluding carboxylic acids is 1. The lowest BCUT2D eigenvalue weighted by Crippen LogP contribution is -2.47. The van der Waals surface area contributed by atoms with Gasteiger partial charge in [-0.25, -0.2) is 4.79 Å². The summed E-state index contributed by atoms with van der Waals surface area (Å²) < 4.78 is 12.0. The van der Waals surface area contributed by atoms with Gasteiger partial charge in [0.25, 0.3) is 0 Å². The molecule has 2 rings (SSSR count). The maximum atomic E-state index is 11.9. The van der Waals surface area contributed by atoms with Crippen LogP contribution in [0.4, 0.5) is 10.5 Å². The number of methoxy groups -OCH3 is 1. The maximum absolute atomic E-state index is 11.9. The minimum atomic E-state index is -0.216. The molecule has 0 saturated carbocycles. The van der Waals surface area contributed by atoms with Gasteiger partial charge in [-0.3, -0.25) is 9.58 Å². The molecule has 22 heavy (non-hydrogen) atoms. The van der Waals surface area contributed by atoms with Gasteiger partial charge in [-0.15, -0.1) is 0 Å². The summed E-state index contributed by atoms with van der Waals surface area (Å²) >= 11 is 0. The molecule has 1 fully saturated rings. The summed E-state index contributed by atoms with van der Waals surface area (Å²) in [7, 11) is 1.64. The zero-order valence-corrected chi connectivity index (χ0v) is 13.2. The van der Waals surface area contributed by atoms with Crippen molar-refractivity contribution < 1.29 is 14.3 Å². The Kier molecular flexibility index (Phi) is 6.63. The molecule has 1 unspecified atom stereocenters. The smallest absolute Gasteiger partial charge is 0.319 e. The molecule has 1 atom stereocenters. The monoisotopic (exact) mass is 311 g/mol. The molecule has 2 amide bonds. The summed E-state index contributed by atoms with van der Waals surface area (Å²) in [5, 5.41) is 9.81. The van der Waals surface area contributed by atoms with Crippen LogP contribution in [0.15, 0.2) is 12.4 Å². The molecule has 1 aliphatic rings. The highest BCUT2D eigenvalue weighted by Gasteiger charge is 2.17. The fraction of sp³-hybridized carbons (Fsp3) is 0.714. The highest BCUT2D eigenvalue weighted by atomic mass is 16.5. The van der Waals surface area contributed by atoms with Crippen LogP contribution in [0.2, 0.25) is 0 Å². The molecular weight excluding hydrogens is 286 g/mol. The molecule has 1 aliphatic heterocycles. The van der Waals surface area contributed by atoms with E-state index in [-0.39, 0.29) is 6.03 Å². The predicted octanol–water partition coefficient (Wildman–Crippen LogP) is 0.372. The molecule has 8 nitrogen and oxygen atoms in total. The van der Waals surface area contributed by atoms with Crippen molar-refractivity contribution in [3.05, 3.63) is 12.4 Å². The van der Waals surface area contributed by atoms with E-state index in [9.17, 15) is 4.79 Å². The second kappa shape index (κ2) is 8.72. The van der Waals surface area contributed by atoms with E-state index in [0.717, 1.165) is 26.3 Å². The predicted molar refractivity (Wildman–Crippen MR) is 83.0 cm³/mol. The third kappa shape index (κ3) is 5.28. The molecule has 1 saturated heterocycles. The fourth-order valence-corrected chi connectivity index (χ4v) is 2.30. The largest absolute Gasteiger partial charge is 0.383 e. The number of rotatable bonds is 7. The number of ether oxygens (including phenoxy) is 2. The minimum Gasteiger partial charge on any atom is -0.383 e. The number of hydrogen-bond acceptors (Lipinski definition) is 5. The van der Waals surface area contributed by atoms with Crippen molar-refractivity contribution in [3.63, 3.8) is 0 Å². The second-order valence-electron chi connectivity index (χ2n) is 5.32. The van der Waals surface area contributed by atoms with E-state index in [1.807, 2.05) is 0 Å². The van der Waals surface area contributed by atoms with Gasteiger partial charge in [0.2, 0.25) is 0 Å². The van der Waals surface area contributed by atoms with Gasteiger partial charge in [-0.2, -0.15) is 5.10 Å². The molecule has 8 heteroatoms. The van der Waals surface area contributed by atoms with E-state index < -0.39 is 0 Å². The Labute approximate surface area is 130 Å². The summed E-state index contributed by atoms with van der Waals surface area (Å²) in [6.45, 7) is 7.30. The number of nitrogens with zero attached hydrogens (tertiary/aromatic N) is 3. The quantitative estimate of drug-likeness (QED) is 0.760. The summed E-state index contributed by atoms with van der Waals surface area (Å²) in [5.41, 5.74) is 0.674. The van der Waals surface area contributed by atoms with E-state index >= 15 is 0 Å². The van der Waals surface area contributed by atoms with E-state index in [1.54, 1.807) is 24.2 Å². The number of morpholine rings is 1. The van der Waals surface area contributed by atoms with Crippen LogP contribution in [0.1, 0.15) is 6.92 Å². The molecular formula is C14H25N5O3. The number of nitrogens with one attached hydrogen (secondary N) is 2. The van der Waals surface area contributed by atoms with Crippen molar-refractivity contribution in [2.45, 2.75) is 19.5 Å². The molecule has 124 valence electrons. The molecule has 0 radical (unpaired) electrons. The zero-order valence-electron chi connectivity index (χ0n) is 13.2. The van der Waals surface area contributed by atoms with Gasteiger partial charge >= 0.3 is 6.03 Å². The van der Waals surface area contributed by atoms with Crippen molar-refractivity contribution in [2.24, 2.45) is 0 Å². The highest BCUT2D eigenvalue weighted by Crippen LogP contribution is 2.05. The lowest BCUT2D eigenvalue weighted by atomic mass is 10.2. The average Bonchev–Trinajstić information content (AvgIpc) is 2.98. The first kappa shape index (κ1) is 16.7. The van der Waals surface area contributed by atoms with Gasteiger partial charge in [0.05, 0.1) is 38.2 Å². The van der Waals surface area contributed by atoms with Gasteiger partial charge in [0, 0.05) is 39.0 Å². The minimum absolute atomic E-state index is 0.216. The van der Waals surface area contributed by atoms with E-state index in [2.05, 4.69) is 27.6 Å². The number of urea groups is 1. The van der Waals surface area contributed by atoms with Crippen LogP contribution in [0.25, 0.3) is 0 Å². The highest BCUT2D eigenvalue weighted by molar-refractivity contribution is 5.88. The van der Waals surface area contributed by atoms with Crippen molar-refractivity contribution in [2.75, 3.05) is 51.9 Å². The van der Waals surface area contributed by atoms with E-state index in [1.165, 1.54) is 0 Å². The van der Waals surface area contributed by atoms with Gasteiger partial charge < -0.3 is 20.1 Å². The first-order chi connectivity index (χ1) is 10.7. The number of hydrogen-bond donors (Lipinski definition) is 2. The normalized spacial score (nSPS) is 17.2. The van der Waals surface area contributed by atoms with Crippen LogP contribution in [0.5, 0.6) is 0 Å². The first-order valence-electron chi connectivity index (χ1n) is 7.57.